The van der Waals surface area contributed by atoms with Crippen LogP contribution in [0.2, 0.25) is 0 Å². The predicted molar refractivity (Wildman–Crippen MR) is 78.2 cm³/mol. The van der Waals surface area contributed by atoms with Gasteiger partial charge in [-0.25, -0.2) is 4.39 Å². The van der Waals surface area contributed by atoms with Crippen LogP contribution in [0.15, 0.2) is 18.2 Å². The van der Waals surface area contributed by atoms with E-state index >= 15 is 0 Å². The highest BCUT2D eigenvalue weighted by Crippen LogP contribution is 2.57. The standard InChI is InChI=1S/C15H17FN2OS/c16-10-1-4-12(13(5-10)18-20-11-2-3-11)14(19)17-15-6-9(7-15)8-15/h1,4-5,9,11,18H,2-3,6-8H2,(H,17,19). The molecule has 0 radical (unpaired) electrons. The summed E-state index contributed by atoms with van der Waals surface area (Å²) in [4.78, 5) is 12.4. The maximum atomic E-state index is 13.4. The Morgan fingerprint density at radius 2 is 2.05 bits per heavy atom. The van der Waals surface area contributed by atoms with Crippen molar-refractivity contribution < 1.29 is 9.18 Å². The lowest BCUT2D eigenvalue weighted by Crippen LogP contribution is -2.68. The second-order valence-corrected chi connectivity index (χ2v) is 7.43. The summed E-state index contributed by atoms with van der Waals surface area (Å²) >= 11 is 1.59. The summed E-state index contributed by atoms with van der Waals surface area (Å²) in [5.41, 5.74) is 1.19. The Bertz CT molecular complexity index is 556. The van der Waals surface area contributed by atoms with Crippen LogP contribution in [0.3, 0.4) is 0 Å². The summed E-state index contributed by atoms with van der Waals surface area (Å²) in [5.74, 6) is 0.430. The van der Waals surface area contributed by atoms with Crippen molar-refractivity contribution in [3.05, 3.63) is 29.6 Å². The van der Waals surface area contributed by atoms with Gasteiger partial charge in [0, 0.05) is 10.8 Å². The van der Waals surface area contributed by atoms with Crippen LogP contribution in [0.5, 0.6) is 0 Å². The first-order valence-corrected chi connectivity index (χ1v) is 8.05. The third-order valence-electron chi connectivity index (χ3n) is 4.50. The first-order chi connectivity index (χ1) is 9.63. The Balaban J connectivity index is 1.50. The van der Waals surface area contributed by atoms with Crippen molar-refractivity contribution in [1.82, 2.24) is 5.32 Å². The van der Waals surface area contributed by atoms with Crippen molar-refractivity contribution in [3.8, 4) is 0 Å². The van der Waals surface area contributed by atoms with Gasteiger partial charge < -0.3 is 10.0 Å². The third kappa shape index (κ3) is 2.18. The van der Waals surface area contributed by atoms with Crippen LogP contribution in [0.1, 0.15) is 42.5 Å². The molecule has 1 aromatic carbocycles. The first-order valence-electron chi connectivity index (χ1n) is 7.17. The fraction of sp³-hybridized carbons (Fsp3) is 0.533. The monoisotopic (exact) mass is 292 g/mol. The number of hydrogen-bond acceptors (Lipinski definition) is 3. The Morgan fingerprint density at radius 3 is 2.65 bits per heavy atom. The van der Waals surface area contributed by atoms with Crippen molar-refractivity contribution in [2.75, 3.05) is 4.72 Å². The maximum Gasteiger partial charge on any atom is 0.253 e. The van der Waals surface area contributed by atoms with Gasteiger partial charge in [0.2, 0.25) is 0 Å². The lowest BCUT2D eigenvalue weighted by molar-refractivity contribution is -0.0438. The van der Waals surface area contributed by atoms with E-state index in [1.54, 1.807) is 18.0 Å². The van der Waals surface area contributed by atoms with E-state index < -0.39 is 0 Å². The quantitative estimate of drug-likeness (QED) is 0.818. The van der Waals surface area contributed by atoms with Crippen molar-refractivity contribution in [1.29, 1.82) is 0 Å². The van der Waals surface area contributed by atoms with Gasteiger partial charge in [-0.1, -0.05) is 0 Å². The molecule has 0 aliphatic heterocycles. The smallest absolute Gasteiger partial charge is 0.253 e. The molecular weight excluding hydrogens is 275 g/mol. The van der Waals surface area contributed by atoms with Gasteiger partial charge in [0.05, 0.1) is 11.3 Å². The number of halogens is 1. The Hall–Kier alpha value is -1.23. The highest BCUT2D eigenvalue weighted by atomic mass is 32.2. The number of nitrogens with one attached hydrogen (secondary N) is 2. The normalized spacial score (nSPS) is 30.1. The van der Waals surface area contributed by atoms with E-state index in [-0.39, 0.29) is 17.3 Å². The van der Waals surface area contributed by atoms with Crippen LogP contribution in [0.25, 0.3) is 0 Å². The predicted octanol–water partition coefficient (Wildman–Crippen LogP) is 3.33. The Morgan fingerprint density at radius 1 is 1.30 bits per heavy atom. The molecule has 0 spiro atoms. The molecule has 3 nitrogen and oxygen atoms in total. The molecule has 20 heavy (non-hydrogen) atoms. The summed E-state index contributed by atoms with van der Waals surface area (Å²) in [5, 5.41) is 3.73. The Kier molecular flexibility index (Phi) is 2.74. The van der Waals surface area contributed by atoms with Gasteiger partial charge >= 0.3 is 0 Å². The molecule has 1 amide bonds. The average Bonchev–Trinajstić information content (AvgIpc) is 3.13. The molecule has 5 rings (SSSR count). The molecule has 0 heterocycles. The van der Waals surface area contributed by atoms with E-state index in [0.29, 0.717) is 16.5 Å². The van der Waals surface area contributed by atoms with E-state index in [9.17, 15) is 9.18 Å². The van der Waals surface area contributed by atoms with Crippen molar-refractivity contribution in [3.63, 3.8) is 0 Å². The topological polar surface area (TPSA) is 41.1 Å². The molecule has 4 aliphatic rings. The van der Waals surface area contributed by atoms with Crippen LogP contribution in [0.4, 0.5) is 10.1 Å². The molecule has 106 valence electrons. The lowest BCUT2D eigenvalue weighted by Gasteiger charge is -2.61. The lowest BCUT2D eigenvalue weighted by atomic mass is 9.50. The highest BCUT2D eigenvalue weighted by molar-refractivity contribution is 8.01. The van der Waals surface area contributed by atoms with Gasteiger partial charge in [-0.3, -0.25) is 4.79 Å². The van der Waals surface area contributed by atoms with Crippen molar-refractivity contribution in [2.45, 2.75) is 42.9 Å². The fourth-order valence-corrected chi connectivity index (χ4v) is 3.91. The summed E-state index contributed by atoms with van der Waals surface area (Å²) in [6.07, 6.45) is 5.72. The SMILES string of the molecule is O=C(NC12CC(C1)C2)c1ccc(F)cc1NSC1CC1. The van der Waals surface area contributed by atoms with Crippen molar-refractivity contribution >= 4 is 23.5 Å². The zero-order valence-electron chi connectivity index (χ0n) is 11.1. The summed E-state index contributed by atoms with van der Waals surface area (Å²) in [7, 11) is 0. The second-order valence-electron chi connectivity index (χ2n) is 6.32. The summed E-state index contributed by atoms with van der Waals surface area (Å²) in [6.45, 7) is 0. The zero-order valence-corrected chi connectivity index (χ0v) is 11.9. The van der Waals surface area contributed by atoms with Gasteiger partial charge in [0.15, 0.2) is 0 Å². The Labute approximate surface area is 121 Å². The van der Waals surface area contributed by atoms with Gasteiger partial charge in [-0.05, 0) is 68.2 Å². The first kappa shape index (κ1) is 12.5. The second kappa shape index (κ2) is 4.38. The number of anilines is 1. The molecular formula is C15H17FN2OS. The van der Waals surface area contributed by atoms with E-state index in [4.69, 9.17) is 0 Å². The van der Waals surface area contributed by atoms with Crippen molar-refractivity contribution in [2.24, 2.45) is 5.92 Å². The number of carbonyl (C=O) groups is 1. The summed E-state index contributed by atoms with van der Waals surface area (Å²) in [6, 6.07) is 4.34. The van der Waals surface area contributed by atoms with Gasteiger partial charge in [0.1, 0.15) is 5.82 Å². The van der Waals surface area contributed by atoms with Crippen LogP contribution in [-0.2, 0) is 0 Å². The number of hydrogen-bond donors (Lipinski definition) is 2. The molecule has 5 heteroatoms. The van der Waals surface area contributed by atoms with Crippen LogP contribution in [-0.4, -0.2) is 16.7 Å². The van der Waals surface area contributed by atoms with Gasteiger partial charge in [0.25, 0.3) is 5.91 Å². The molecule has 2 N–H and O–H groups in total. The molecule has 4 saturated carbocycles. The molecule has 0 unspecified atom stereocenters. The number of benzene rings is 1. The zero-order chi connectivity index (χ0) is 13.7. The minimum absolute atomic E-state index is 0.0526. The van der Waals surface area contributed by atoms with Crippen LogP contribution < -0.4 is 10.0 Å². The molecule has 4 fully saturated rings. The number of carbonyl (C=O) groups excluding carboxylic acids is 1. The minimum atomic E-state index is -0.314. The van der Waals surface area contributed by atoms with E-state index in [2.05, 4.69) is 10.0 Å². The van der Waals surface area contributed by atoms with E-state index in [1.165, 1.54) is 25.0 Å². The molecule has 4 aliphatic carbocycles. The minimum Gasteiger partial charge on any atom is -0.347 e. The van der Waals surface area contributed by atoms with Gasteiger partial charge in [-0.2, -0.15) is 0 Å². The van der Waals surface area contributed by atoms with Gasteiger partial charge in [-0.15, -0.1) is 0 Å². The van der Waals surface area contributed by atoms with Crippen LogP contribution in [0, 0.1) is 11.7 Å². The van der Waals surface area contributed by atoms with E-state index in [0.717, 1.165) is 25.2 Å². The molecule has 1 aromatic rings. The largest absolute Gasteiger partial charge is 0.347 e. The molecule has 0 atom stereocenters. The molecule has 0 aromatic heterocycles. The van der Waals surface area contributed by atoms with Crippen LogP contribution >= 0.6 is 11.9 Å². The number of rotatable bonds is 5. The van der Waals surface area contributed by atoms with E-state index in [1.807, 2.05) is 0 Å². The summed E-state index contributed by atoms with van der Waals surface area (Å²) < 4.78 is 16.5. The highest BCUT2D eigenvalue weighted by Gasteiger charge is 2.57. The molecule has 0 saturated heterocycles. The maximum absolute atomic E-state index is 13.4. The molecule has 2 bridgehead atoms. The fourth-order valence-electron chi connectivity index (χ4n) is 3.07. The number of amides is 1. The average molecular weight is 292 g/mol. The third-order valence-corrected chi connectivity index (χ3v) is 5.65.